The third-order valence-corrected chi connectivity index (χ3v) is 2.65. The van der Waals surface area contributed by atoms with E-state index < -0.39 is 12.1 Å². The van der Waals surface area contributed by atoms with Gasteiger partial charge in [-0.1, -0.05) is 6.07 Å². The number of pyridine rings is 1. The summed E-state index contributed by atoms with van der Waals surface area (Å²) in [5, 5.41) is 26.8. The van der Waals surface area contributed by atoms with Crippen molar-refractivity contribution in [3.8, 4) is 0 Å². The molecule has 0 aliphatic rings. The van der Waals surface area contributed by atoms with Crippen LogP contribution >= 0.6 is 11.8 Å². The summed E-state index contributed by atoms with van der Waals surface area (Å²) in [6, 6.07) is 4.64. The Morgan fingerprint density at radius 3 is 2.87 bits per heavy atom. The molecule has 15 heavy (non-hydrogen) atoms. The van der Waals surface area contributed by atoms with E-state index in [9.17, 15) is 4.79 Å². The van der Waals surface area contributed by atoms with Gasteiger partial charge < -0.3 is 15.3 Å². The first-order chi connectivity index (χ1) is 7.13. The Morgan fingerprint density at radius 2 is 2.27 bits per heavy atom. The van der Waals surface area contributed by atoms with Gasteiger partial charge in [-0.3, -0.25) is 0 Å². The summed E-state index contributed by atoms with van der Waals surface area (Å²) >= 11 is 1.20. The molecule has 0 saturated heterocycles. The average molecular weight is 229 g/mol. The van der Waals surface area contributed by atoms with Gasteiger partial charge in [-0.15, -0.1) is 11.8 Å². The van der Waals surface area contributed by atoms with Crippen LogP contribution in [0.4, 0.5) is 0 Å². The van der Waals surface area contributed by atoms with E-state index in [1.165, 1.54) is 17.8 Å². The van der Waals surface area contributed by atoms with Crippen molar-refractivity contribution in [2.45, 2.75) is 11.1 Å². The number of carbonyl (C=O) groups is 1. The maximum atomic E-state index is 10.6. The first-order valence-electron chi connectivity index (χ1n) is 4.25. The Kier molecular flexibility index (Phi) is 4.54. The Bertz CT molecular complexity index is 345. The molecule has 1 unspecified atom stereocenters. The number of thioether (sulfide) groups is 1. The van der Waals surface area contributed by atoms with Crippen molar-refractivity contribution < 1.29 is 20.1 Å². The molecule has 0 aromatic carbocycles. The van der Waals surface area contributed by atoms with E-state index >= 15 is 0 Å². The lowest BCUT2D eigenvalue weighted by Crippen LogP contribution is -2.14. The van der Waals surface area contributed by atoms with Crippen LogP contribution in [0.1, 0.15) is 10.5 Å². The number of aromatic nitrogens is 1. The van der Waals surface area contributed by atoms with Crippen LogP contribution in [0, 0.1) is 0 Å². The molecule has 0 radical (unpaired) electrons. The molecule has 0 bridgehead atoms. The van der Waals surface area contributed by atoms with Gasteiger partial charge in [0.1, 0.15) is 5.69 Å². The summed E-state index contributed by atoms with van der Waals surface area (Å²) in [6.45, 7) is -0.314. The molecule has 5 nitrogen and oxygen atoms in total. The highest BCUT2D eigenvalue weighted by atomic mass is 32.2. The van der Waals surface area contributed by atoms with Gasteiger partial charge in [-0.2, -0.15) is 0 Å². The van der Waals surface area contributed by atoms with E-state index in [-0.39, 0.29) is 18.1 Å². The third kappa shape index (κ3) is 3.86. The van der Waals surface area contributed by atoms with Crippen LogP contribution in [-0.4, -0.2) is 44.7 Å². The minimum atomic E-state index is -1.08. The monoisotopic (exact) mass is 229 g/mol. The lowest BCUT2D eigenvalue weighted by molar-refractivity contribution is 0.0689. The second-order valence-electron chi connectivity index (χ2n) is 2.81. The van der Waals surface area contributed by atoms with Crippen molar-refractivity contribution in [1.29, 1.82) is 0 Å². The highest BCUT2D eigenvalue weighted by Gasteiger charge is 2.07. The molecule has 1 heterocycles. The molecule has 0 spiro atoms. The highest BCUT2D eigenvalue weighted by Crippen LogP contribution is 2.16. The second kappa shape index (κ2) is 5.69. The van der Waals surface area contributed by atoms with E-state index in [4.69, 9.17) is 15.3 Å². The Hall–Kier alpha value is -1.11. The molecule has 1 aromatic rings. The number of rotatable bonds is 5. The van der Waals surface area contributed by atoms with E-state index in [0.29, 0.717) is 5.03 Å². The number of nitrogens with zero attached hydrogens (tertiary/aromatic N) is 1. The fourth-order valence-electron chi connectivity index (χ4n) is 0.849. The first-order valence-corrected chi connectivity index (χ1v) is 5.24. The van der Waals surface area contributed by atoms with E-state index in [1.54, 1.807) is 12.1 Å². The van der Waals surface area contributed by atoms with Crippen LogP contribution in [-0.2, 0) is 0 Å². The minimum Gasteiger partial charge on any atom is -0.477 e. The minimum absolute atomic E-state index is 0.0292. The maximum absolute atomic E-state index is 10.6. The summed E-state index contributed by atoms with van der Waals surface area (Å²) < 4.78 is 0. The van der Waals surface area contributed by atoms with Gasteiger partial charge in [0.25, 0.3) is 0 Å². The summed E-state index contributed by atoms with van der Waals surface area (Å²) in [5.74, 6) is -0.799. The smallest absolute Gasteiger partial charge is 0.354 e. The van der Waals surface area contributed by atoms with Crippen molar-refractivity contribution in [2.24, 2.45) is 0 Å². The first kappa shape index (κ1) is 12.0. The predicted octanol–water partition coefficient (Wildman–Crippen LogP) is 0.225. The lowest BCUT2D eigenvalue weighted by atomic mass is 10.4. The predicted molar refractivity (Wildman–Crippen MR) is 55.0 cm³/mol. The van der Waals surface area contributed by atoms with Gasteiger partial charge in [0.15, 0.2) is 0 Å². The largest absolute Gasteiger partial charge is 0.477 e. The fourth-order valence-corrected chi connectivity index (χ4v) is 1.65. The van der Waals surface area contributed by atoms with Crippen LogP contribution in [0.2, 0.25) is 0 Å². The molecule has 0 amide bonds. The Morgan fingerprint density at radius 1 is 1.53 bits per heavy atom. The Labute approximate surface area is 90.8 Å². The molecule has 82 valence electrons. The molecule has 1 rings (SSSR count). The van der Waals surface area contributed by atoms with Gasteiger partial charge >= 0.3 is 5.97 Å². The van der Waals surface area contributed by atoms with Gasteiger partial charge in [-0.25, -0.2) is 9.78 Å². The molecule has 6 heteroatoms. The van der Waals surface area contributed by atoms with Crippen LogP contribution in [0.15, 0.2) is 23.2 Å². The van der Waals surface area contributed by atoms with E-state index in [0.717, 1.165) is 0 Å². The summed E-state index contributed by atoms with van der Waals surface area (Å²) in [6.07, 6.45) is -0.815. The molecule has 0 aliphatic heterocycles. The average Bonchev–Trinajstić information content (AvgIpc) is 2.26. The third-order valence-electron chi connectivity index (χ3n) is 1.58. The number of aromatic carboxylic acids is 1. The van der Waals surface area contributed by atoms with E-state index in [1.807, 2.05) is 0 Å². The van der Waals surface area contributed by atoms with Gasteiger partial charge in [0, 0.05) is 5.75 Å². The van der Waals surface area contributed by atoms with Crippen molar-refractivity contribution in [3.63, 3.8) is 0 Å². The summed E-state index contributed by atoms with van der Waals surface area (Å²) in [7, 11) is 0. The lowest BCUT2D eigenvalue weighted by Gasteiger charge is -2.05. The van der Waals surface area contributed by atoms with E-state index in [2.05, 4.69) is 4.98 Å². The van der Waals surface area contributed by atoms with Crippen LogP contribution in [0.5, 0.6) is 0 Å². The summed E-state index contributed by atoms with van der Waals surface area (Å²) in [5.41, 5.74) is -0.0292. The zero-order valence-corrected chi connectivity index (χ0v) is 8.65. The normalized spacial score (nSPS) is 12.4. The van der Waals surface area contributed by atoms with Crippen LogP contribution in [0.25, 0.3) is 0 Å². The maximum Gasteiger partial charge on any atom is 0.354 e. The molecular weight excluding hydrogens is 218 g/mol. The van der Waals surface area contributed by atoms with Crippen LogP contribution < -0.4 is 0 Å². The van der Waals surface area contributed by atoms with Crippen LogP contribution in [0.3, 0.4) is 0 Å². The van der Waals surface area contributed by atoms with Crippen molar-refractivity contribution in [1.82, 2.24) is 4.98 Å². The number of aliphatic hydroxyl groups is 2. The standard InChI is InChI=1S/C9H11NO4S/c11-4-6(12)5-15-8-3-1-2-7(10-8)9(13)14/h1-3,6,11-12H,4-5H2,(H,13,14). The quantitative estimate of drug-likeness (QED) is 0.626. The zero-order valence-electron chi connectivity index (χ0n) is 7.83. The second-order valence-corrected chi connectivity index (χ2v) is 3.85. The Balaban J connectivity index is 2.62. The number of hydrogen-bond acceptors (Lipinski definition) is 5. The number of carboxylic acid groups (broad SMARTS) is 1. The molecule has 0 saturated carbocycles. The number of hydrogen-bond donors (Lipinski definition) is 3. The fraction of sp³-hybridized carbons (Fsp3) is 0.333. The molecule has 1 aromatic heterocycles. The summed E-state index contributed by atoms with van der Waals surface area (Å²) in [4.78, 5) is 14.4. The highest BCUT2D eigenvalue weighted by molar-refractivity contribution is 7.99. The van der Waals surface area contributed by atoms with Gasteiger partial charge in [-0.05, 0) is 12.1 Å². The van der Waals surface area contributed by atoms with Crippen molar-refractivity contribution in [2.75, 3.05) is 12.4 Å². The topological polar surface area (TPSA) is 90.7 Å². The van der Waals surface area contributed by atoms with Gasteiger partial charge in [0.05, 0.1) is 17.7 Å². The number of aliphatic hydroxyl groups excluding tert-OH is 2. The molecule has 0 aliphatic carbocycles. The van der Waals surface area contributed by atoms with Crippen molar-refractivity contribution in [3.05, 3.63) is 23.9 Å². The zero-order chi connectivity index (χ0) is 11.3. The SMILES string of the molecule is O=C(O)c1cccc(SCC(O)CO)n1. The molecule has 0 fully saturated rings. The molecule has 3 N–H and O–H groups in total. The van der Waals surface area contributed by atoms with Gasteiger partial charge in [0.2, 0.25) is 0 Å². The molecular formula is C9H11NO4S. The van der Waals surface area contributed by atoms with Crippen molar-refractivity contribution >= 4 is 17.7 Å². The molecule has 1 atom stereocenters. The number of carboxylic acids is 1.